The average molecular weight is 378 g/mol. The fraction of sp³-hybridized carbons (Fsp3) is 0.357. The minimum absolute atomic E-state index is 0. The number of alkyl halides is 1. The number of nitrogens with zero attached hydrogens (tertiary/aromatic N) is 2. The third-order valence-electron chi connectivity index (χ3n) is 3.40. The van der Waals surface area contributed by atoms with Gasteiger partial charge in [-0.3, -0.25) is 0 Å². The normalized spacial score (nSPS) is 17.7. The van der Waals surface area contributed by atoms with E-state index in [-0.39, 0.29) is 18.2 Å². The fourth-order valence-electron chi connectivity index (χ4n) is 2.39. The van der Waals surface area contributed by atoms with Crippen LogP contribution in [0.3, 0.4) is 0 Å². The van der Waals surface area contributed by atoms with Crippen molar-refractivity contribution >= 4 is 28.3 Å². The fourth-order valence-corrected chi connectivity index (χ4v) is 2.97. The number of rotatable bonds is 2. The van der Waals surface area contributed by atoms with Gasteiger partial charge in [0.05, 0.1) is 18.8 Å². The van der Waals surface area contributed by atoms with Gasteiger partial charge in [-0.25, -0.2) is 9.37 Å². The lowest BCUT2D eigenvalue weighted by molar-refractivity contribution is 0.0355. The van der Waals surface area contributed by atoms with Gasteiger partial charge in [0, 0.05) is 12.0 Å². The summed E-state index contributed by atoms with van der Waals surface area (Å²) in [6.07, 6.45) is 0.260. The maximum Gasteiger partial charge on any atom is 0.141 e. The van der Waals surface area contributed by atoms with Gasteiger partial charge in [-0.05, 0) is 40.2 Å². The molecule has 0 radical (unpaired) electrons. The van der Waals surface area contributed by atoms with E-state index in [1.165, 1.54) is 0 Å². The van der Waals surface area contributed by atoms with E-state index in [2.05, 4.69) is 20.9 Å². The van der Waals surface area contributed by atoms with Crippen LogP contribution in [0.2, 0.25) is 0 Å². The smallest absolute Gasteiger partial charge is 0.141 e. The molecule has 2 heterocycles. The highest BCUT2D eigenvalue weighted by molar-refractivity contribution is 9.10. The van der Waals surface area contributed by atoms with Crippen LogP contribution in [-0.2, 0) is 17.7 Å². The molecular formula is C14H15BrClFN2O2. The Bertz CT molecular complexity index is 618. The summed E-state index contributed by atoms with van der Waals surface area (Å²) in [7, 11) is 0. The van der Waals surface area contributed by atoms with Gasteiger partial charge in [0.2, 0.25) is 0 Å². The molecule has 7 heteroatoms. The third-order valence-corrected chi connectivity index (χ3v) is 4.03. The van der Waals surface area contributed by atoms with Gasteiger partial charge in [0.25, 0.3) is 0 Å². The number of aromatic nitrogens is 2. The van der Waals surface area contributed by atoms with E-state index in [0.717, 1.165) is 21.7 Å². The van der Waals surface area contributed by atoms with Crippen LogP contribution in [0.4, 0.5) is 4.39 Å². The Morgan fingerprint density at radius 2 is 2.10 bits per heavy atom. The zero-order valence-corrected chi connectivity index (χ0v) is 13.5. The Kier molecular flexibility index (Phi) is 5.24. The Labute approximate surface area is 136 Å². The predicted octanol–water partition coefficient (Wildman–Crippen LogP) is 3.35. The number of benzene rings is 1. The van der Waals surface area contributed by atoms with Crippen molar-refractivity contribution in [1.82, 2.24) is 9.55 Å². The van der Waals surface area contributed by atoms with Crippen LogP contribution in [0.5, 0.6) is 5.75 Å². The van der Waals surface area contributed by atoms with E-state index < -0.39 is 12.8 Å². The topological polar surface area (TPSA) is 47.3 Å². The third kappa shape index (κ3) is 3.22. The molecule has 1 aliphatic heterocycles. The summed E-state index contributed by atoms with van der Waals surface area (Å²) < 4.78 is 21.2. The molecule has 2 aromatic rings. The molecule has 0 bridgehead atoms. The molecule has 0 saturated carbocycles. The number of fused-ring (bicyclic) bond motifs is 1. The predicted molar refractivity (Wildman–Crippen MR) is 83.7 cm³/mol. The van der Waals surface area contributed by atoms with Crippen molar-refractivity contribution in [3.05, 3.63) is 34.6 Å². The van der Waals surface area contributed by atoms with E-state index in [4.69, 9.17) is 4.74 Å². The highest BCUT2D eigenvalue weighted by Gasteiger charge is 2.23. The lowest BCUT2D eigenvalue weighted by Gasteiger charge is -2.14. The molecule has 0 amide bonds. The Morgan fingerprint density at radius 3 is 2.76 bits per heavy atom. The molecular weight excluding hydrogens is 363 g/mol. The number of aromatic hydroxyl groups is 1. The molecule has 114 valence electrons. The number of imidazole rings is 1. The molecule has 1 unspecified atom stereocenters. The molecule has 4 nitrogen and oxygen atoms in total. The second-order valence-electron chi connectivity index (χ2n) is 4.73. The Balaban J connectivity index is 0.00000161. The molecule has 1 N–H and O–H groups in total. The van der Waals surface area contributed by atoms with Crippen LogP contribution in [0.15, 0.2) is 28.9 Å². The zero-order chi connectivity index (χ0) is 14.1. The number of hydrogen-bond acceptors (Lipinski definition) is 3. The van der Waals surface area contributed by atoms with Crippen molar-refractivity contribution in [2.75, 3.05) is 13.3 Å². The average Bonchev–Trinajstić information content (AvgIpc) is 2.65. The highest BCUT2D eigenvalue weighted by Crippen LogP contribution is 2.29. The first-order valence-corrected chi connectivity index (χ1v) is 7.20. The Morgan fingerprint density at radius 1 is 1.38 bits per heavy atom. The van der Waals surface area contributed by atoms with E-state index >= 15 is 0 Å². The SMILES string of the molecule is Cl.Oc1ccc(-c2nc(Br)c3n2CC(CF)OCC3)cc1. The van der Waals surface area contributed by atoms with E-state index in [9.17, 15) is 9.50 Å². The van der Waals surface area contributed by atoms with Crippen LogP contribution in [0.1, 0.15) is 5.69 Å². The van der Waals surface area contributed by atoms with Crippen LogP contribution in [-0.4, -0.2) is 34.0 Å². The molecule has 3 rings (SSSR count). The van der Waals surface area contributed by atoms with E-state index in [0.29, 0.717) is 19.6 Å². The standard InChI is InChI=1S/C14H14BrFN2O2.ClH/c15-13-12-5-6-20-11(7-16)8-18(12)14(17-13)9-1-3-10(19)4-2-9;/h1-4,11,19H,5-8H2;1H. The lowest BCUT2D eigenvalue weighted by Crippen LogP contribution is -2.21. The summed E-state index contributed by atoms with van der Waals surface area (Å²) in [6, 6.07) is 6.83. The van der Waals surface area contributed by atoms with Gasteiger partial charge in [-0.15, -0.1) is 12.4 Å². The minimum atomic E-state index is -0.510. The van der Waals surface area contributed by atoms with Gasteiger partial charge >= 0.3 is 0 Å². The minimum Gasteiger partial charge on any atom is -0.508 e. The number of hydrogen-bond donors (Lipinski definition) is 1. The zero-order valence-electron chi connectivity index (χ0n) is 11.1. The summed E-state index contributed by atoms with van der Waals surface area (Å²) in [5.41, 5.74) is 1.90. The first kappa shape index (κ1) is 16.3. The monoisotopic (exact) mass is 376 g/mol. The highest BCUT2D eigenvalue weighted by atomic mass is 79.9. The molecule has 0 spiro atoms. The van der Waals surface area contributed by atoms with Gasteiger partial charge in [-0.1, -0.05) is 0 Å². The lowest BCUT2D eigenvalue weighted by atomic mass is 10.2. The van der Waals surface area contributed by atoms with Gasteiger partial charge in [0.1, 0.15) is 29.0 Å². The van der Waals surface area contributed by atoms with Crippen LogP contribution in [0, 0.1) is 0 Å². The van der Waals surface area contributed by atoms with E-state index in [1.807, 2.05) is 4.57 Å². The summed E-state index contributed by atoms with van der Waals surface area (Å²) in [5, 5.41) is 9.37. The number of halogens is 3. The largest absolute Gasteiger partial charge is 0.508 e. The molecule has 0 saturated heterocycles. The van der Waals surface area contributed by atoms with Crippen LogP contribution in [0.25, 0.3) is 11.4 Å². The second kappa shape index (κ2) is 6.77. The van der Waals surface area contributed by atoms with Crippen molar-refractivity contribution in [3.8, 4) is 17.1 Å². The number of ether oxygens (including phenoxy) is 1. The number of phenols is 1. The van der Waals surface area contributed by atoms with Gasteiger partial charge < -0.3 is 14.4 Å². The molecule has 1 aromatic heterocycles. The molecule has 0 fully saturated rings. The summed E-state index contributed by atoms with van der Waals surface area (Å²) >= 11 is 3.46. The van der Waals surface area contributed by atoms with Gasteiger partial charge in [0.15, 0.2) is 0 Å². The van der Waals surface area contributed by atoms with Crippen LogP contribution < -0.4 is 0 Å². The summed E-state index contributed by atoms with van der Waals surface area (Å²) in [5.74, 6) is 0.969. The van der Waals surface area contributed by atoms with E-state index in [1.54, 1.807) is 24.3 Å². The molecule has 1 aliphatic rings. The van der Waals surface area contributed by atoms with Crippen molar-refractivity contribution in [1.29, 1.82) is 0 Å². The van der Waals surface area contributed by atoms with Crippen molar-refractivity contribution in [3.63, 3.8) is 0 Å². The maximum atomic E-state index is 12.9. The molecule has 1 atom stereocenters. The summed E-state index contributed by atoms with van der Waals surface area (Å²) in [6.45, 7) is 0.429. The first-order chi connectivity index (χ1) is 9.69. The van der Waals surface area contributed by atoms with Crippen molar-refractivity contribution < 1.29 is 14.2 Å². The molecule has 21 heavy (non-hydrogen) atoms. The first-order valence-electron chi connectivity index (χ1n) is 6.41. The maximum absolute atomic E-state index is 12.9. The quantitative estimate of drug-likeness (QED) is 0.873. The van der Waals surface area contributed by atoms with Gasteiger partial charge in [-0.2, -0.15) is 0 Å². The van der Waals surface area contributed by atoms with Crippen molar-refractivity contribution in [2.45, 2.75) is 19.1 Å². The molecule has 1 aromatic carbocycles. The number of phenolic OH excluding ortho intramolecular Hbond substituents is 1. The van der Waals surface area contributed by atoms with Crippen molar-refractivity contribution in [2.24, 2.45) is 0 Å². The summed E-state index contributed by atoms with van der Waals surface area (Å²) in [4.78, 5) is 4.52. The molecule has 0 aliphatic carbocycles. The Hall–Kier alpha value is -1.11. The second-order valence-corrected chi connectivity index (χ2v) is 5.48. The van der Waals surface area contributed by atoms with Crippen LogP contribution >= 0.6 is 28.3 Å².